The van der Waals surface area contributed by atoms with Crippen LogP contribution >= 0.6 is 11.6 Å². The molecule has 0 bridgehead atoms. The highest BCUT2D eigenvalue weighted by Gasteiger charge is 2.22. The highest BCUT2D eigenvalue weighted by Crippen LogP contribution is 2.18. The van der Waals surface area contributed by atoms with Gasteiger partial charge in [-0.25, -0.2) is 9.37 Å². The Bertz CT molecular complexity index is 1440. The maximum Gasteiger partial charge on any atom is 0.294 e. The molecule has 0 saturated heterocycles. The number of hydrogen-bond donors (Lipinski definition) is 1. The van der Waals surface area contributed by atoms with Crippen LogP contribution in [-0.2, 0) is 22.7 Å². The minimum Gasteiger partial charge on any atom is -0.324 e. The molecule has 0 aliphatic heterocycles. The summed E-state index contributed by atoms with van der Waals surface area (Å²) in [5.74, 6) is -1.39. The molecule has 0 aliphatic carbocycles. The minimum absolute atomic E-state index is 0.0188. The summed E-state index contributed by atoms with van der Waals surface area (Å²) in [6, 6.07) is 19.1. The monoisotopic (exact) mass is 478 g/mol. The van der Waals surface area contributed by atoms with E-state index < -0.39 is 23.2 Å². The molecule has 0 fully saturated rings. The van der Waals surface area contributed by atoms with E-state index in [1.54, 1.807) is 48.5 Å². The molecule has 172 valence electrons. The van der Waals surface area contributed by atoms with Gasteiger partial charge in [0.15, 0.2) is 0 Å². The van der Waals surface area contributed by atoms with Crippen molar-refractivity contribution in [2.75, 3.05) is 10.2 Å². The molecule has 1 N–H and O–H groups in total. The molecule has 4 aromatic rings. The van der Waals surface area contributed by atoms with Crippen molar-refractivity contribution in [3.05, 3.63) is 99.6 Å². The molecule has 1 aromatic heterocycles. The Morgan fingerprint density at radius 1 is 1.06 bits per heavy atom. The number of fused-ring (bicyclic) bond motifs is 1. The molecule has 1 heterocycles. The summed E-state index contributed by atoms with van der Waals surface area (Å²) in [5, 5.41) is 3.18. The standard InChI is InChI=1S/C25H20ClFN4O3/c1-16(32)30(14-17-9-11-19(27)12-10-17)24-25(34)31(22-8-3-2-7-21(22)29-24)15-23(33)28-20-6-4-5-18(26)13-20/h2-13H,14-15H2,1H3,(H,28,33). The Morgan fingerprint density at radius 3 is 2.50 bits per heavy atom. The number of carbonyl (C=O) groups excluding carboxylic acids is 2. The molecule has 0 aliphatic rings. The summed E-state index contributed by atoms with van der Waals surface area (Å²) in [6.45, 7) is 1.03. The average molecular weight is 479 g/mol. The highest BCUT2D eigenvalue weighted by atomic mass is 35.5. The Labute approximate surface area is 199 Å². The number of halogens is 2. The number of nitrogens with zero attached hydrogens (tertiary/aromatic N) is 3. The number of para-hydroxylation sites is 2. The van der Waals surface area contributed by atoms with Crippen LogP contribution in [0.3, 0.4) is 0 Å². The normalized spacial score (nSPS) is 10.8. The second-order valence-corrected chi connectivity index (χ2v) is 8.04. The van der Waals surface area contributed by atoms with Crippen LogP contribution in [-0.4, -0.2) is 21.4 Å². The van der Waals surface area contributed by atoms with Gasteiger partial charge < -0.3 is 5.32 Å². The van der Waals surface area contributed by atoms with Crippen LogP contribution in [0.25, 0.3) is 11.0 Å². The molecule has 0 radical (unpaired) electrons. The summed E-state index contributed by atoms with van der Waals surface area (Å²) in [5.41, 5.74) is 1.40. The number of rotatable bonds is 6. The third kappa shape index (κ3) is 5.13. The van der Waals surface area contributed by atoms with Gasteiger partial charge in [0.25, 0.3) is 5.56 Å². The minimum atomic E-state index is -0.600. The number of nitrogens with one attached hydrogen (secondary N) is 1. The van der Waals surface area contributed by atoms with Crippen molar-refractivity contribution in [2.24, 2.45) is 0 Å². The number of amides is 2. The summed E-state index contributed by atoms with van der Waals surface area (Å²) >= 11 is 5.98. The van der Waals surface area contributed by atoms with Crippen LogP contribution < -0.4 is 15.8 Å². The number of aromatic nitrogens is 2. The number of hydrogen-bond acceptors (Lipinski definition) is 4. The van der Waals surface area contributed by atoms with Gasteiger partial charge in [-0.05, 0) is 48.0 Å². The fourth-order valence-electron chi connectivity index (χ4n) is 3.53. The van der Waals surface area contributed by atoms with Crippen LogP contribution in [0.2, 0.25) is 5.02 Å². The van der Waals surface area contributed by atoms with Gasteiger partial charge in [0.05, 0.1) is 17.6 Å². The Kier molecular flexibility index (Phi) is 6.70. The van der Waals surface area contributed by atoms with E-state index in [9.17, 15) is 18.8 Å². The topological polar surface area (TPSA) is 84.3 Å². The van der Waals surface area contributed by atoms with Gasteiger partial charge in [-0.2, -0.15) is 0 Å². The van der Waals surface area contributed by atoms with E-state index in [-0.39, 0.29) is 18.9 Å². The number of benzene rings is 3. The first-order valence-corrected chi connectivity index (χ1v) is 10.8. The third-order valence-electron chi connectivity index (χ3n) is 5.14. The summed E-state index contributed by atoms with van der Waals surface area (Å²) < 4.78 is 14.6. The van der Waals surface area contributed by atoms with E-state index in [1.807, 2.05) is 0 Å². The molecule has 34 heavy (non-hydrogen) atoms. The van der Waals surface area contributed by atoms with E-state index in [0.717, 1.165) is 0 Å². The fourth-order valence-corrected chi connectivity index (χ4v) is 3.72. The molecule has 4 rings (SSSR count). The molecular weight excluding hydrogens is 459 g/mol. The van der Waals surface area contributed by atoms with Crippen molar-refractivity contribution in [3.8, 4) is 0 Å². The molecule has 7 nitrogen and oxygen atoms in total. The summed E-state index contributed by atoms with van der Waals surface area (Å²) in [4.78, 5) is 44.4. The maximum atomic E-state index is 13.5. The zero-order chi connectivity index (χ0) is 24.2. The van der Waals surface area contributed by atoms with Gasteiger partial charge in [0.1, 0.15) is 12.4 Å². The fraction of sp³-hybridized carbons (Fsp3) is 0.120. The lowest BCUT2D eigenvalue weighted by molar-refractivity contribution is -0.117. The molecule has 0 spiro atoms. The van der Waals surface area contributed by atoms with Crippen LogP contribution in [0.15, 0.2) is 77.6 Å². The molecule has 2 amide bonds. The Hall–Kier alpha value is -4.04. The molecular formula is C25H20ClFN4O3. The van der Waals surface area contributed by atoms with Gasteiger partial charge in [0, 0.05) is 17.6 Å². The van der Waals surface area contributed by atoms with Gasteiger partial charge in [0.2, 0.25) is 17.6 Å². The quantitative estimate of drug-likeness (QED) is 0.445. The Morgan fingerprint density at radius 2 is 1.79 bits per heavy atom. The molecule has 0 saturated carbocycles. The van der Waals surface area contributed by atoms with E-state index in [4.69, 9.17) is 11.6 Å². The van der Waals surface area contributed by atoms with Crippen molar-refractivity contribution in [3.63, 3.8) is 0 Å². The third-order valence-corrected chi connectivity index (χ3v) is 5.37. The van der Waals surface area contributed by atoms with Gasteiger partial charge in [-0.3, -0.25) is 23.9 Å². The van der Waals surface area contributed by atoms with Crippen LogP contribution in [0.4, 0.5) is 15.9 Å². The molecule has 3 aromatic carbocycles. The predicted molar refractivity (Wildman–Crippen MR) is 129 cm³/mol. The Balaban J connectivity index is 1.74. The van der Waals surface area contributed by atoms with Gasteiger partial charge >= 0.3 is 0 Å². The zero-order valence-corrected chi connectivity index (χ0v) is 18.9. The number of anilines is 2. The van der Waals surface area contributed by atoms with Crippen molar-refractivity contribution in [1.82, 2.24) is 9.55 Å². The first kappa shape index (κ1) is 23.1. The average Bonchev–Trinajstić information content (AvgIpc) is 2.80. The van der Waals surface area contributed by atoms with Crippen LogP contribution in [0.5, 0.6) is 0 Å². The largest absolute Gasteiger partial charge is 0.324 e. The highest BCUT2D eigenvalue weighted by molar-refractivity contribution is 6.30. The SMILES string of the molecule is CC(=O)N(Cc1ccc(F)cc1)c1nc2ccccc2n(CC(=O)Nc2cccc(Cl)c2)c1=O. The van der Waals surface area contributed by atoms with Crippen molar-refractivity contribution >= 4 is 46.0 Å². The van der Waals surface area contributed by atoms with E-state index in [2.05, 4.69) is 10.3 Å². The van der Waals surface area contributed by atoms with Gasteiger partial charge in [-0.1, -0.05) is 41.9 Å². The van der Waals surface area contributed by atoms with Crippen molar-refractivity contribution in [1.29, 1.82) is 0 Å². The second kappa shape index (κ2) is 9.84. The van der Waals surface area contributed by atoms with Gasteiger partial charge in [-0.15, -0.1) is 0 Å². The van der Waals surface area contributed by atoms with Crippen LogP contribution in [0.1, 0.15) is 12.5 Å². The van der Waals surface area contributed by atoms with E-state index >= 15 is 0 Å². The molecule has 0 atom stereocenters. The second-order valence-electron chi connectivity index (χ2n) is 7.61. The van der Waals surface area contributed by atoms with Crippen molar-refractivity contribution < 1.29 is 14.0 Å². The van der Waals surface area contributed by atoms with E-state index in [1.165, 1.54) is 40.7 Å². The van der Waals surface area contributed by atoms with Crippen LogP contribution in [0, 0.1) is 5.82 Å². The summed E-state index contributed by atoms with van der Waals surface area (Å²) in [7, 11) is 0. The smallest absolute Gasteiger partial charge is 0.294 e. The maximum absolute atomic E-state index is 13.5. The molecule has 9 heteroatoms. The lowest BCUT2D eigenvalue weighted by Crippen LogP contribution is -2.38. The first-order valence-electron chi connectivity index (χ1n) is 10.4. The van der Waals surface area contributed by atoms with E-state index in [0.29, 0.717) is 27.3 Å². The van der Waals surface area contributed by atoms with Crippen molar-refractivity contribution in [2.45, 2.75) is 20.0 Å². The lowest BCUT2D eigenvalue weighted by Gasteiger charge is -2.21. The number of carbonyl (C=O) groups is 2. The zero-order valence-electron chi connectivity index (χ0n) is 18.2. The summed E-state index contributed by atoms with van der Waals surface area (Å²) in [6.07, 6.45) is 0. The first-order chi connectivity index (χ1) is 16.3. The molecule has 0 unspecified atom stereocenters. The predicted octanol–water partition coefficient (Wildman–Crippen LogP) is 4.38. The lowest BCUT2D eigenvalue weighted by atomic mass is 10.2.